The Morgan fingerprint density at radius 1 is 0.511 bits per heavy atom. The predicted molar refractivity (Wildman–Crippen MR) is 191 cm³/mol. The molecule has 9 rings (SSSR count). The molecule has 5 nitrogen and oxygen atoms in total. The van der Waals surface area contributed by atoms with Gasteiger partial charge in [0.2, 0.25) is 0 Å². The first-order chi connectivity index (χ1) is 23.3. The maximum Gasteiger partial charge on any atom is 0.153 e. The zero-order valence-corrected chi connectivity index (χ0v) is 25.5. The van der Waals surface area contributed by atoms with Gasteiger partial charge in [-0.05, 0) is 62.4 Å². The van der Waals surface area contributed by atoms with Gasteiger partial charge in [0.15, 0.2) is 5.58 Å². The van der Waals surface area contributed by atoms with Crippen LogP contribution in [0.2, 0.25) is 0 Å². The van der Waals surface area contributed by atoms with Gasteiger partial charge in [0.05, 0.1) is 5.39 Å². The number of hydrogen-bond acceptors (Lipinski definition) is 5. The summed E-state index contributed by atoms with van der Waals surface area (Å²) in [7, 11) is 0. The standard InChI is InChI=1S/C42H30N4O/c1-3-11-29(12-4-1)40-44-41(30-13-5-2-6-14-30)46-42(45-40)35-25-24-31(33-15-7-8-16-34(33)35)27-20-22-28(23-21-27)32-17-9-18-36-38(32)39-37(47-36)19-10-26-43-39/h1-26,40-41,44H,(H,45,46). The second-order valence-electron chi connectivity index (χ2n) is 11.9. The number of nitrogens with zero attached hydrogens (tertiary/aromatic N) is 2. The molecule has 0 spiro atoms. The van der Waals surface area contributed by atoms with Crippen LogP contribution in [-0.4, -0.2) is 10.8 Å². The van der Waals surface area contributed by atoms with Crippen molar-refractivity contribution in [2.75, 3.05) is 0 Å². The molecular formula is C42H30N4O. The van der Waals surface area contributed by atoms with Gasteiger partial charge in [-0.25, -0.2) is 4.99 Å². The Morgan fingerprint density at radius 2 is 1.15 bits per heavy atom. The predicted octanol–water partition coefficient (Wildman–Crippen LogP) is 9.81. The fraction of sp³-hybridized carbons (Fsp3) is 0.0476. The quantitative estimate of drug-likeness (QED) is 0.205. The van der Waals surface area contributed by atoms with Crippen molar-refractivity contribution in [3.63, 3.8) is 0 Å². The molecule has 0 bridgehead atoms. The summed E-state index contributed by atoms with van der Waals surface area (Å²) in [5, 5.41) is 10.8. The van der Waals surface area contributed by atoms with E-state index in [1.54, 1.807) is 0 Å². The monoisotopic (exact) mass is 606 g/mol. The molecule has 0 saturated carbocycles. The van der Waals surface area contributed by atoms with Gasteiger partial charge in [0.1, 0.15) is 29.3 Å². The highest BCUT2D eigenvalue weighted by molar-refractivity contribution is 6.14. The average molecular weight is 607 g/mol. The van der Waals surface area contributed by atoms with Gasteiger partial charge in [-0.3, -0.25) is 10.3 Å². The maximum absolute atomic E-state index is 6.10. The highest BCUT2D eigenvalue weighted by atomic mass is 16.3. The third kappa shape index (κ3) is 4.85. The minimum atomic E-state index is -0.185. The van der Waals surface area contributed by atoms with Gasteiger partial charge in [0, 0.05) is 11.8 Å². The number of aromatic nitrogens is 1. The summed E-state index contributed by atoms with van der Waals surface area (Å²) in [6, 6.07) is 52.9. The van der Waals surface area contributed by atoms with Crippen LogP contribution in [0, 0.1) is 0 Å². The van der Waals surface area contributed by atoms with Crippen LogP contribution in [0.4, 0.5) is 0 Å². The van der Waals surface area contributed by atoms with Crippen molar-refractivity contribution in [2.24, 2.45) is 4.99 Å². The van der Waals surface area contributed by atoms with Gasteiger partial charge in [0.25, 0.3) is 0 Å². The van der Waals surface area contributed by atoms with E-state index in [0.717, 1.165) is 66.7 Å². The minimum Gasteiger partial charge on any atom is -0.454 e. The van der Waals surface area contributed by atoms with Crippen LogP contribution in [0.15, 0.2) is 167 Å². The summed E-state index contributed by atoms with van der Waals surface area (Å²) in [5.41, 5.74) is 10.5. The molecule has 224 valence electrons. The lowest BCUT2D eigenvalue weighted by molar-refractivity contribution is 0.409. The Labute approximate surface area is 272 Å². The molecule has 0 radical (unpaired) electrons. The van der Waals surface area contributed by atoms with Crippen molar-refractivity contribution in [1.29, 1.82) is 0 Å². The molecule has 2 aromatic heterocycles. The number of nitrogens with one attached hydrogen (secondary N) is 2. The van der Waals surface area contributed by atoms with Crippen molar-refractivity contribution in [3.8, 4) is 22.3 Å². The number of amidine groups is 1. The summed E-state index contributed by atoms with van der Waals surface area (Å²) in [6.45, 7) is 0. The largest absolute Gasteiger partial charge is 0.454 e. The van der Waals surface area contributed by atoms with E-state index in [1.165, 1.54) is 10.9 Å². The zero-order valence-electron chi connectivity index (χ0n) is 25.5. The van der Waals surface area contributed by atoms with E-state index in [0.29, 0.717) is 0 Å². The molecular weight excluding hydrogens is 576 g/mol. The molecule has 1 aliphatic heterocycles. The number of rotatable bonds is 5. The van der Waals surface area contributed by atoms with Crippen molar-refractivity contribution in [2.45, 2.75) is 12.3 Å². The van der Waals surface area contributed by atoms with Gasteiger partial charge < -0.3 is 9.73 Å². The van der Waals surface area contributed by atoms with Gasteiger partial charge in [-0.1, -0.05) is 133 Å². The van der Waals surface area contributed by atoms with E-state index < -0.39 is 0 Å². The summed E-state index contributed by atoms with van der Waals surface area (Å²) in [4.78, 5) is 9.85. The van der Waals surface area contributed by atoms with Crippen LogP contribution in [-0.2, 0) is 0 Å². The Hall–Kier alpha value is -6.04. The van der Waals surface area contributed by atoms with E-state index in [2.05, 4.69) is 131 Å². The fourth-order valence-corrected chi connectivity index (χ4v) is 6.79. The molecule has 2 atom stereocenters. The number of aliphatic imine (C=N–C) groups is 1. The number of furan rings is 1. The first kappa shape index (κ1) is 27.3. The van der Waals surface area contributed by atoms with E-state index in [1.807, 2.05) is 42.6 Å². The van der Waals surface area contributed by atoms with Gasteiger partial charge in [-0.2, -0.15) is 0 Å². The smallest absolute Gasteiger partial charge is 0.153 e. The molecule has 5 heteroatoms. The first-order valence-corrected chi connectivity index (χ1v) is 15.9. The third-order valence-electron chi connectivity index (χ3n) is 9.05. The molecule has 1 aliphatic rings. The van der Waals surface area contributed by atoms with Gasteiger partial charge >= 0.3 is 0 Å². The van der Waals surface area contributed by atoms with Crippen molar-refractivity contribution in [3.05, 3.63) is 175 Å². The van der Waals surface area contributed by atoms with Crippen LogP contribution in [0.5, 0.6) is 0 Å². The Balaban J connectivity index is 1.12. The van der Waals surface area contributed by atoms with E-state index in [-0.39, 0.29) is 12.3 Å². The summed E-state index contributed by atoms with van der Waals surface area (Å²) in [5.74, 6) is 0.874. The summed E-state index contributed by atoms with van der Waals surface area (Å²) < 4.78 is 6.10. The summed E-state index contributed by atoms with van der Waals surface area (Å²) in [6.07, 6.45) is 1.54. The van der Waals surface area contributed by atoms with E-state index in [9.17, 15) is 0 Å². The van der Waals surface area contributed by atoms with Crippen LogP contribution in [0.3, 0.4) is 0 Å². The second-order valence-corrected chi connectivity index (χ2v) is 11.9. The average Bonchev–Trinajstić information content (AvgIpc) is 3.54. The van der Waals surface area contributed by atoms with E-state index >= 15 is 0 Å². The Bertz CT molecular complexity index is 2410. The molecule has 2 unspecified atom stereocenters. The highest BCUT2D eigenvalue weighted by Gasteiger charge is 2.26. The minimum absolute atomic E-state index is 0.0908. The molecule has 6 aromatic carbocycles. The number of pyridine rings is 1. The van der Waals surface area contributed by atoms with Crippen molar-refractivity contribution < 1.29 is 4.42 Å². The molecule has 0 amide bonds. The molecule has 2 N–H and O–H groups in total. The van der Waals surface area contributed by atoms with Crippen molar-refractivity contribution >= 4 is 38.7 Å². The van der Waals surface area contributed by atoms with Gasteiger partial charge in [-0.15, -0.1) is 0 Å². The first-order valence-electron chi connectivity index (χ1n) is 15.9. The molecule has 0 saturated heterocycles. The number of fused-ring (bicyclic) bond motifs is 4. The lowest BCUT2D eigenvalue weighted by Crippen LogP contribution is -2.45. The van der Waals surface area contributed by atoms with Crippen LogP contribution < -0.4 is 10.6 Å². The van der Waals surface area contributed by atoms with E-state index in [4.69, 9.17) is 9.41 Å². The second kappa shape index (κ2) is 11.4. The third-order valence-corrected chi connectivity index (χ3v) is 9.05. The lowest BCUT2D eigenvalue weighted by atomic mass is 9.92. The normalized spacial score (nSPS) is 16.3. The number of benzene rings is 6. The lowest BCUT2D eigenvalue weighted by Gasteiger charge is -2.32. The molecule has 47 heavy (non-hydrogen) atoms. The van der Waals surface area contributed by atoms with Crippen molar-refractivity contribution in [1.82, 2.24) is 15.6 Å². The maximum atomic E-state index is 6.10. The zero-order chi connectivity index (χ0) is 31.2. The van der Waals surface area contributed by atoms with Crippen LogP contribution in [0.1, 0.15) is 29.0 Å². The fourth-order valence-electron chi connectivity index (χ4n) is 6.79. The summed E-state index contributed by atoms with van der Waals surface area (Å²) >= 11 is 0. The Kier molecular flexibility index (Phi) is 6.61. The van der Waals surface area contributed by atoms with Crippen LogP contribution >= 0.6 is 0 Å². The molecule has 3 heterocycles. The van der Waals surface area contributed by atoms with Crippen LogP contribution in [0.25, 0.3) is 55.1 Å². The Morgan fingerprint density at radius 3 is 1.91 bits per heavy atom. The highest BCUT2D eigenvalue weighted by Crippen LogP contribution is 2.38. The topological polar surface area (TPSA) is 62.5 Å². The SMILES string of the molecule is c1ccc(C2N=C(c3ccc(-c4ccc(-c5cccc6oc7cccnc7c56)cc4)c4ccccc34)NC(c3ccccc3)N2)cc1. The molecule has 8 aromatic rings. The molecule has 0 fully saturated rings. The molecule has 0 aliphatic carbocycles. The number of hydrogen-bond donors (Lipinski definition) is 2.